The van der Waals surface area contributed by atoms with E-state index in [9.17, 15) is 9.59 Å². The zero-order valence-electron chi connectivity index (χ0n) is 10.4. The number of methoxy groups -OCH3 is 1. The molecule has 0 saturated carbocycles. The van der Waals surface area contributed by atoms with Gasteiger partial charge in [-0.05, 0) is 18.8 Å². The van der Waals surface area contributed by atoms with Crippen molar-refractivity contribution < 1.29 is 14.3 Å². The van der Waals surface area contributed by atoms with Gasteiger partial charge in [-0.2, -0.15) is 0 Å². The molecule has 0 saturated heterocycles. The van der Waals surface area contributed by atoms with Crippen LogP contribution in [0.15, 0.2) is 0 Å². The molecule has 0 aliphatic rings. The Kier molecular flexibility index (Phi) is 6.72. The van der Waals surface area contributed by atoms with Crippen molar-refractivity contribution in [2.75, 3.05) is 7.11 Å². The molecule has 5 heteroatoms. The van der Waals surface area contributed by atoms with Crippen LogP contribution in [0.25, 0.3) is 0 Å². The first kappa shape index (κ1) is 14.9. The van der Waals surface area contributed by atoms with E-state index in [2.05, 4.69) is 10.1 Å². The van der Waals surface area contributed by atoms with E-state index in [1.54, 1.807) is 0 Å². The average molecular weight is 230 g/mol. The minimum atomic E-state index is -0.483. The summed E-state index contributed by atoms with van der Waals surface area (Å²) in [5, 5.41) is 2.94. The molecule has 2 unspecified atom stereocenters. The summed E-state index contributed by atoms with van der Waals surface area (Å²) in [6.45, 7) is 5.85. The Morgan fingerprint density at radius 1 is 1.31 bits per heavy atom. The molecule has 0 aromatic heterocycles. The fourth-order valence-corrected chi connectivity index (χ4v) is 1.49. The van der Waals surface area contributed by atoms with E-state index in [-0.39, 0.29) is 5.97 Å². The van der Waals surface area contributed by atoms with E-state index in [1.165, 1.54) is 7.11 Å². The minimum Gasteiger partial charge on any atom is -0.468 e. The van der Waals surface area contributed by atoms with Crippen molar-refractivity contribution >= 4 is 11.9 Å². The van der Waals surface area contributed by atoms with Gasteiger partial charge in [-0.3, -0.25) is 14.9 Å². The third-order valence-corrected chi connectivity index (χ3v) is 2.35. The van der Waals surface area contributed by atoms with Crippen molar-refractivity contribution in [2.24, 2.45) is 11.7 Å². The zero-order valence-corrected chi connectivity index (χ0v) is 10.4. The molecule has 94 valence electrons. The number of hydrogen-bond donors (Lipinski definition) is 2. The van der Waals surface area contributed by atoms with E-state index in [1.807, 2.05) is 20.8 Å². The highest BCUT2D eigenvalue weighted by Crippen LogP contribution is 2.07. The van der Waals surface area contributed by atoms with Crippen molar-refractivity contribution in [2.45, 2.75) is 45.7 Å². The number of rotatable bonds is 7. The van der Waals surface area contributed by atoms with Crippen LogP contribution in [-0.4, -0.2) is 31.1 Å². The molecule has 16 heavy (non-hydrogen) atoms. The highest BCUT2D eigenvalue weighted by Gasteiger charge is 2.25. The molecule has 0 heterocycles. The lowest BCUT2D eigenvalue weighted by atomic mass is 10.0. The SMILES string of the molecule is CCC(NC(CC(C)C)C(=O)OC)C(N)=O. The van der Waals surface area contributed by atoms with Crippen LogP contribution in [0.5, 0.6) is 0 Å². The lowest BCUT2D eigenvalue weighted by Gasteiger charge is -2.22. The minimum absolute atomic E-state index is 0.335. The second-order valence-corrected chi connectivity index (χ2v) is 4.24. The van der Waals surface area contributed by atoms with Crippen LogP contribution in [0.1, 0.15) is 33.6 Å². The van der Waals surface area contributed by atoms with Crippen molar-refractivity contribution in [3.8, 4) is 0 Å². The van der Waals surface area contributed by atoms with Crippen LogP contribution in [0.4, 0.5) is 0 Å². The number of ether oxygens (including phenoxy) is 1. The van der Waals surface area contributed by atoms with Crippen molar-refractivity contribution in [1.29, 1.82) is 0 Å². The van der Waals surface area contributed by atoms with Gasteiger partial charge in [0.25, 0.3) is 0 Å². The predicted octanol–water partition coefficient (Wildman–Crippen LogP) is 0.428. The molecule has 0 aliphatic heterocycles. The van der Waals surface area contributed by atoms with Gasteiger partial charge in [0.2, 0.25) is 5.91 Å². The highest BCUT2D eigenvalue weighted by atomic mass is 16.5. The summed E-state index contributed by atoms with van der Waals surface area (Å²) in [7, 11) is 1.34. The fourth-order valence-electron chi connectivity index (χ4n) is 1.49. The Morgan fingerprint density at radius 2 is 1.88 bits per heavy atom. The lowest BCUT2D eigenvalue weighted by molar-refractivity contribution is -0.144. The summed E-state index contributed by atoms with van der Waals surface area (Å²) >= 11 is 0. The second-order valence-electron chi connectivity index (χ2n) is 4.24. The van der Waals surface area contributed by atoms with E-state index in [0.717, 1.165) is 0 Å². The number of carbonyl (C=O) groups excluding carboxylic acids is 2. The third-order valence-electron chi connectivity index (χ3n) is 2.35. The number of esters is 1. The molecule has 0 spiro atoms. The molecule has 1 amide bonds. The summed E-state index contributed by atoms with van der Waals surface area (Å²) in [6, 6.07) is -0.953. The van der Waals surface area contributed by atoms with E-state index in [0.29, 0.717) is 18.8 Å². The van der Waals surface area contributed by atoms with Gasteiger partial charge in [-0.1, -0.05) is 20.8 Å². The molecule has 0 rings (SSSR count). The van der Waals surface area contributed by atoms with Crippen molar-refractivity contribution in [3.63, 3.8) is 0 Å². The van der Waals surface area contributed by atoms with Crippen LogP contribution in [0.2, 0.25) is 0 Å². The van der Waals surface area contributed by atoms with Gasteiger partial charge in [0.15, 0.2) is 0 Å². The Labute approximate surface area is 96.7 Å². The molecular formula is C11H22N2O3. The number of nitrogens with one attached hydrogen (secondary N) is 1. The maximum Gasteiger partial charge on any atom is 0.322 e. The molecule has 0 radical (unpaired) electrons. The van der Waals surface area contributed by atoms with E-state index < -0.39 is 18.0 Å². The van der Waals surface area contributed by atoms with Crippen LogP contribution >= 0.6 is 0 Å². The molecule has 5 nitrogen and oxygen atoms in total. The summed E-state index contributed by atoms with van der Waals surface area (Å²) in [4.78, 5) is 22.6. The van der Waals surface area contributed by atoms with Crippen molar-refractivity contribution in [1.82, 2.24) is 5.32 Å². The number of hydrogen-bond acceptors (Lipinski definition) is 4. The largest absolute Gasteiger partial charge is 0.468 e. The maximum absolute atomic E-state index is 11.5. The number of amides is 1. The summed E-state index contributed by atoms with van der Waals surface area (Å²) in [5.41, 5.74) is 5.21. The Hall–Kier alpha value is -1.10. The van der Waals surface area contributed by atoms with Gasteiger partial charge < -0.3 is 10.5 Å². The number of carbonyl (C=O) groups is 2. The Balaban J connectivity index is 4.51. The molecule has 0 aromatic rings. The van der Waals surface area contributed by atoms with Gasteiger partial charge in [0, 0.05) is 0 Å². The van der Waals surface area contributed by atoms with Gasteiger partial charge >= 0.3 is 5.97 Å². The zero-order chi connectivity index (χ0) is 12.7. The first-order valence-electron chi connectivity index (χ1n) is 5.55. The topological polar surface area (TPSA) is 81.4 Å². The number of nitrogens with two attached hydrogens (primary N) is 1. The first-order valence-corrected chi connectivity index (χ1v) is 5.55. The molecule has 3 N–H and O–H groups in total. The first-order chi connectivity index (χ1) is 7.42. The second kappa shape index (κ2) is 7.22. The molecule has 0 fully saturated rings. The molecular weight excluding hydrogens is 208 g/mol. The van der Waals surface area contributed by atoms with E-state index in [4.69, 9.17) is 5.73 Å². The van der Waals surface area contributed by atoms with Gasteiger partial charge in [0.05, 0.1) is 13.2 Å². The number of primary amides is 1. The Morgan fingerprint density at radius 3 is 2.19 bits per heavy atom. The quantitative estimate of drug-likeness (QED) is 0.621. The van der Waals surface area contributed by atoms with Gasteiger partial charge in [-0.15, -0.1) is 0 Å². The predicted molar refractivity (Wildman–Crippen MR) is 61.7 cm³/mol. The normalized spacial score (nSPS) is 14.6. The standard InChI is InChI=1S/C11H22N2O3/c1-5-8(10(12)14)13-9(6-7(2)3)11(15)16-4/h7-9,13H,5-6H2,1-4H3,(H2,12,14). The average Bonchev–Trinajstić information content (AvgIpc) is 2.21. The van der Waals surface area contributed by atoms with Crippen LogP contribution in [0, 0.1) is 5.92 Å². The molecule has 0 bridgehead atoms. The monoisotopic (exact) mass is 230 g/mol. The summed E-state index contributed by atoms with van der Waals surface area (Å²) in [6.07, 6.45) is 1.18. The van der Waals surface area contributed by atoms with Crippen molar-refractivity contribution in [3.05, 3.63) is 0 Å². The molecule has 0 aliphatic carbocycles. The molecule has 2 atom stereocenters. The fraction of sp³-hybridized carbons (Fsp3) is 0.818. The summed E-state index contributed by atoms with van der Waals surface area (Å²) < 4.78 is 4.68. The van der Waals surface area contributed by atoms with E-state index >= 15 is 0 Å². The van der Waals surface area contributed by atoms with Crippen LogP contribution in [-0.2, 0) is 14.3 Å². The lowest BCUT2D eigenvalue weighted by Crippen LogP contribution is -2.50. The molecule has 0 aromatic carbocycles. The Bertz CT molecular complexity index is 241. The maximum atomic E-state index is 11.5. The highest BCUT2D eigenvalue weighted by molar-refractivity contribution is 5.81. The van der Waals surface area contributed by atoms with Gasteiger partial charge in [-0.25, -0.2) is 0 Å². The summed E-state index contributed by atoms with van der Waals surface area (Å²) in [5.74, 6) is -0.462. The van der Waals surface area contributed by atoms with Gasteiger partial charge in [0.1, 0.15) is 6.04 Å². The van der Waals surface area contributed by atoms with Crippen LogP contribution < -0.4 is 11.1 Å². The van der Waals surface area contributed by atoms with Crippen LogP contribution in [0.3, 0.4) is 0 Å². The smallest absolute Gasteiger partial charge is 0.322 e. The third kappa shape index (κ3) is 5.11.